The lowest BCUT2D eigenvalue weighted by Crippen LogP contribution is -2.61. The van der Waals surface area contributed by atoms with E-state index in [4.69, 9.17) is 14.0 Å². The van der Waals surface area contributed by atoms with Crippen LogP contribution in [0.4, 0.5) is 0 Å². The van der Waals surface area contributed by atoms with Crippen LogP contribution in [-0.4, -0.2) is 107 Å². The molecular formula is C43H81NO12S. The van der Waals surface area contributed by atoms with Crippen LogP contribution in [0.3, 0.4) is 0 Å². The van der Waals surface area contributed by atoms with Gasteiger partial charge in [-0.1, -0.05) is 160 Å². The summed E-state index contributed by atoms with van der Waals surface area (Å²) in [5.41, 5.74) is 0. The van der Waals surface area contributed by atoms with Crippen LogP contribution < -0.4 is 5.32 Å². The number of allylic oxidation sites excluding steroid dienone is 3. The van der Waals surface area contributed by atoms with Gasteiger partial charge in [0.05, 0.1) is 25.4 Å². The van der Waals surface area contributed by atoms with E-state index in [0.717, 1.165) is 51.4 Å². The molecule has 57 heavy (non-hydrogen) atoms. The average Bonchev–Trinajstić information content (AvgIpc) is 3.18. The highest BCUT2D eigenvalue weighted by molar-refractivity contribution is 7.80. The number of carbonyl (C=O) groups excluding carboxylic acids is 1. The van der Waals surface area contributed by atoms with Gasteiger partial charge in [-0.05, 0) is 44.9 Å². The molecule has 0 saturated carbocycles. The van der Waals surface area contributed by atoms with Crippen molar-refractivity contribution in [3.05, 3.63) is 24.3 Å². The maximum atomic E-state index is 13.1. The number of unbranched alkanes of at least 4 members (excludes halogenated alkanes) is 22. The molecule has 1 rings (SSSR count). The Morgan fingerprint density at radius 3 is 1.63 bits per heavy atom. The van der Waals surface area contributed by atoms with Gasteiger partial charge in [-0.25, -0.2) is 4.18 Å². The fourth-order valence-corrected chi connectivity index (χ4v) is 7.49. The lowest BCUT2D eigenvalue weighted by molar-refractivity contribution is -0.298. The van der Waals surface area contributed by atoms with Crippen LogP contribution in [0.25, 0.3) is 0 Å². The van der Waals surface area contributed by atoms with Gasteiger partial charge in [-0.2, -0.15) is 8.42 Å². The van der Waals surface area contributed by atoms with E-state index in [9.17, 15) is 38.7 Å². The minimum Gasteiger partial charge on any atom is -0.394 e. The monoisotopic (exact) mass is 836 g/mol. The van der Waals surface area contributed by atoms with E-state index in [1.165, 1.54) is 102 Å². The summed E-state index contributed by atoms with van der Waals surface area (Å²) in [6.45, 7) is 3.19. The summed E-state index contributed by atoms with van der Waals surface area (Å²) in [5.74, 6) is -0.712. The number of aliphatic hydroxyl groups is 5. The third-order valence-corrected chi connectivity index (χ3v) is 11.0. The fourth-order valence-electron chi connectivity index (χ4n) is 6.98. The van der Waals surface area contributed by atoms with Gasteiger partial charge in [0.2, 0.25) is 5.91 Å². The van der Waals surface area contributed by atoms with Crippen molar-refractivity contribution in [2.24, 2.45) is 0 Å². The summed E-state index contributed by atoms with van der Waals surface area (Å²) in [7, 11) is -5.12. The number of ether oxygens (including phenoxy) is 2. The molecule has 1 aliphatic rings. The Morgan fingerprint density at radius 1 is 0.702 bits per heavy atom. The van der Waals surface area contributed by atoms with Crippen molar-refractivity contribution in [1.29, 1.82) is 0 Å². The molecule has 1 amide bonds. The quantitative estimate of drug-likeness (QED) is 0.0189. The molecule has 1 heterocycles. The summed E-state index contributed by atoms with van der Waals surface area (Å²) >= 11 is 0. The van der Waals surface area contributed by atoms with Crippen LogP contribution in [0, 0.1) is 0 Å². The van der Waals surface area contributed by atoms with Crippen LogP contribution in [0.2, 0.25) is 0 Å². The van der Waals surface area contributed by atoms with Gasteiger partial charge in [0.15, 0.2) is 6.29 Å². The number of nitrogens with one attached hydrogen (secondary N) is 1. The summed E-state index contributed by atoms with van der Waals surface area (Å²) in [4.78, 5) is 13.1. The molecular weight excluding hydrogens is 755 g/mol. The zero-order valence-corrected chi connectivity index (χ0v) is 36.1. The maximum absolute atomic E-state index is 13.1. The number of hydrogen-bond donors (Lipinski definition) is 7. The molecule has 0 bridgehead atoms. The minimum absolute atomic E-state index is 0.230. The Hall–Kier alpha value is -1.46. The first-order chi connectivity index (χ1) is 27.4. The molecule has 1 fully saturated rings. The van der Waals surface area contributed by atoms with E-state index in [2.05, 4.69) is 35.5 Å². The highest BCUT2D eigenvalue weighted by Gasteiger charge is 2.48. The molecule has 1 saturated heterocycles. The standard InChI is InChI=1S/C43H81NO12S/c1-3-5-7-9-11-13-15-17-18-20-22-24-26-28-30-32-37(47)42(50)44-35(36(46)31-29-27-25-23-21-19-16-14-12-10-8-6-4-2)34-54-43-40(49)41(56-57(51,52)53)39(48)38(33-45)55-43/h18,20,29,31,35-41,43,45-49H,3-17,19,21-28,30,32-34H2,1-2H3,(H,44,50)(H,51,52,53)/b20-18-,31-29+. The number of hydrogen-bond acceptors (Lipinski definition) is 11. The molecule has 0 aromatic heterocycles. The predicted molar refractivity (Wildman–Crippen MR) is 224 cm³/mol. The van der Waals surface area contributed by atoms with E-state index in [0.29, 0.717) is 12.8 Å². The topological polar surface area (TPSA) is 212 Å². The fraction of sp³-hybridized carbons (Fsp3) is 0.884. The van der Waals surface area contributed by atoms with Gasteiger partial charge >= 0.3 is 10.4 Å². The lowest BCUT2D eigenvalue weighted by atomic mass is 9.99. The van der Waals surface area contributed by atoms with Gasteiger partial charge in [0, 0.05) is 0 Å². The zero-order chi connectivity index (χ0) is 42.2. The molecule has 8 unspecified atom stereocenters. The number of aliphatic hydroxyl groups excluding tert-OH is 5. The number of carbonyl (C=O) groups is 1. The van der Waals surface area contributed by atoms with Gasteiger partial charge in [-0.3, -0.25) is 9.35 Å². The van der Waals surface area contributed by atoms with E-state index < -0.39 is 78.5 Å². The summed E-state index contributed by atoms with van der Waals surface area (Å²) in [5, 5.41) is 55.1. The number of amides is 1. The van der Waals surface area contributed by atoms with E-state index >= 15 is 0 Å². The lowest BCUT2D eigenvalue weighted by Gasteiger charge is -2.41. The third-order valence-electron chi connectivity index (χ3n) is 10.6. The SMILES string of the molecule is CCCCCCCCC/C=C\CCCCCCC(O)C(=O)NC(COC1OC(CO)C(O)C(OS(=O)(=O)O)C1O)C(O)/C=C/CCCCCCCCCCCCC. The van der Waals surface area contributed by atoms with Crippen molar-refractivity contribution in [3.8, 4) is 0 Å². The van der Waals surface area contributed by atoms with Crippen LogP contribution in [0.5, 0.6) is 0 Å². The largest absolute Gasteiger partial charge is 0.397 e. The van der Waals surface area contributed by atoms with Gasteiger partial charge in [0.25, 0.3) is 0 Å². The third kappa shape index (κ3) is 27.1. The van der Waals surface area contributed by atoms with Crippen molar-refractivity contribution in [1.82, 2.24) is 5.32 Å². The first-order valence-electron chi connectivity index (χ1n) is 22.3. The zero-order valence-electron chi connectivity index (χ0n) is 35.3. The van der Waals surface area contributed by atoms with Crippen molar-refractivity contribution in [2.75, 3.05) is 13.2 Å². The summed E-state index contributed by atoms with van der Waals surface area (Å²) in [6.07, 6.45) is 25.5. The Labute approximate surface area is 345 Å². The maximum Gasteiger partial charge on any atom is 0.397 e. The smallest absolute Gasteiger partial charge is 0.394 e. The molecule has 0 aromatic rings. The second-order valence-electron chi connectivity index (χ2n) is 15.8. The Morgan fingerprint density at radius 2 is 1.16 bits per heavy atom. The van der Waals surface area contributed by atoms with Crippen LogP contribution >= 0.6 is 0 Å². The summed E-state index contributed by atoms with van der Waals surface area (Å²) < 4.78 is 47.4. The minimum atomic E-state index is -5.12. The van der Waals surface area contributed by atoms with E-state index in [1.54, 1.807) is 0 Å². The molecule has 13 nitrogen and oxygen atoms in total. The van der Waals surface area contributed by atoms with Crippen molar-refractivity contribution >= 4 is 16.3 Å². The first-order valence-corrected chi connectivity index (χ1v) is 23.7. The second kappa shape index (κ2) is 34.3. The first kappa shape index (κ1) is 53.6. The Balaban J connectivity index is 2.63. The van der Waals surface area contributed by atoms with Crippen LogP contribution in [-0.2, 0) is 28.9 Å². The molecule has 0 spiro atoms. The Kier molecular flexibility index (Phi) is 32.2. The normalized spacial score (nSPS) is 22.0. The predicted octanol–water partition coefficient (Wildman–Crippen LogP) is 7.13. The van der Waals surface area contributed by atoms with Crippen molar-refractivity contribution in [2.45, 2.75) is 230 Å². The van der Waals surface area contributed by atoms with Gasteiger partial charge in [-0.15, -0.1) is 0 Å². The number of rotatable bonds is 37. The van der Waals surface area contributed by atoms with E-state index in [-0.39, 0.29) is 6.42 Å². The molecule has 336 valence electrons. The molecule has 1 aliphatic heterocycles. The average molecular weight is 836 g/mol. The molecule has 14 heteroatoms. The van der Waals surface area contributed by atoms with Crippen molar-refractivity contribution < 1.29 is 57.0 Å². The molecule has 0 aromatic carbocycles. The highest BCUT2D eigenvalue weighted by Crippen LogP contribution is 2.26. The second-order valence-corrected chi connectivity index (χ2v) is 16.8. The van der Waals surface area contributed by atoms with Crippen molar-refractivity contribution in [3.63, 3.8) is 0 Å². The Bertz CT molecular complexity index is 1140. The van der Waals surface area contributed by atoms with E-state index in [1.807, 2.05) is 6.08 Å². The molecule has 7 N–H and O–H groups in total. The van der Waals surface area contributed by atoms with Crippen LogP contribution in [0.15, 0.2) is 24.3 Å². The highest BCUT2D eigenvalue weighted by atomic mass is 32.3. The van der Waals surface area contributed by atoms with Gasteiger partial charge in [0.1, 0.15) is 30.5 Å². The molecule has 0 aliphatic carbocycles. The van der Waals surface area contributed by atoms with Gasteiger partial charge < -0.3 is 40.3 Å². The summed E-state index contributed by atoms with van der Waals surface area (Å²) in [6, 6.07) is -1.12. The molecule has 8 atom stereocenters. The molecule has 0 radical (unpaired) electrons. The van der Waals surface area contributed by atoms with Crippen LogP contribution in [0.1, 0.15) is 181 Å².